The summed E-state index contributed by atoms with van der Waals surface area (Å²) in [6.07, 6.45) is 2.96. The van der Waals surface area contributed by atoms with E-state index in [1.54, 1.807) is 41.3 Å². The molecule has 1 aliphatic heterocycles. The molecule has 5 aromatic rings. The van der Waals surface area contributed by atoms with Crippen LogP contribution in [0.1, 0.15) is 33.4 Å². The molecular formula is C32H30FN7O4. The number of anilines is 2. The van der Waals surface area contributed by atoms with Crippen molar-refractivity contribution in [3.05, 3.63) is 114 Å². The number of pyridine rings is 1. The normalized spacial score (nSPS) is 13.9. The van der Waals surface area contributed by atoms with Gasteiger partial charge in [0.1, 0.15) is 23.8 Å². The Kier molecular flexibility index (Phi) is 8.30. The summed E-state index contributed by atoms with van der Waals surface area (Å²) in [4.78, 5) is 34.6. The van der Waals surface area contributed by atoms with Gasteiger partial charge < -0.3 is 29.5 Å². The van der Waals surface area contributed by atoms with E-state index in [-0.39, 0.29) is 11.8 Å². The van der Waals surface area contributed by atoms with Crippen LogP contribution in [0.5, 0.6) is 0 Å². The molecule has 224 valence electrons. The Morgan fingerprint density at radius 3 is 2.50 bits per heavy atom. The molecule has 4 heterocycles. The van der Waals surface area contributed by atoms with Gasteiger partial charge in [-0.3, -0.25) is 14.6 Å². The number of nitrogens with one attached hydrogen (secondary N) is 2. The maximum Gasteiger partial charge on any atom is 0.253 e. The highest BCUT2D eigenvalue weighted by molar-refractivity contribution is 5.97. The van der Waals surface area contributed by atoms with Crippen molar-refractivity contribution in [1.82, 2.24) is 25.5 Å². The van der Waals surface area contributed by atoms with Crippen molar-refractivity contribution in [3.8, 4) is 11.3 Å². The molecule has 0 radical (unpaired) electrons. The number of carbonyl (C=O) groups excluding carboxylic acids is 2. The van der Waals surface area contributed by atoms with E-state index in [0.29, 0.717) is 72.4 Å². The summed E-state index contributed by atoms with van der Waals surface area (Å²) in [5, 5.41) is 13.8. The van der Waals surface area contributed by atoms with Crippen molar-refractivity contribution in [2.45, 2.75) is 19.5 Å². The quantitative estimate of drug-likeness (QED) is 0.251. The molecule has 2 amide bonds. The largest absolute Gasteiger partial charge is 0.366 e. The van der Waals surface area contributed by atoms with Gasteiger partial charge in [-0.25, -0.2) is 4.39 Å². The topological polar surface area (TPSA) is 130 Å². The van der Waals surface area contributed by atoms with Crippen molar-refractivity contribution in [2.75, 3.05) is 36.4 Å². The zero-order valence-corrected chi connectivity index (χ0v) is 23.9. The number of aromatic nitrogens is 3. The van der Waals surface area contributed by atoms with E-state index in [4.69, 9.17) is 9.05 Å². The summed E-state index contributed by atoms with van der Waals surface area (Å²) in [5.74, 6) is 0.133. The fourth-order valence-electron chi connectivity index (χ4n) is 5.04. The Bertz CT molecular complexity index is 1720. The molecule has 6 rings (SSSR count). The van der Waals surface area contributed by atoms with Crippen LogP contribution in [-0.2, 0) is 11.3 Å². The summed E-state index contributed by atoms with van der Waals surface area (Å²) in [6, 6.07) is 20.1. The van der Waals surface area contributed by atoms with Crippen LogP contribution in [0.15, 0.2) is 94.3 Å². The number of benzene rings is 2. The van der Waals surface area contributed by atoms with Gasteiger partial charge in [-0.2, -0.15) is 0 Å². The number of aryl methyl sites for hydroxylation is 1. The SMILES string of the molecule is Cc1ccc(C(=O)NC(C(=O)N2CCN(c3ccc(-c4cc(CNc5ccon5)on4)cc3F)CC2)c2ccccc2)cn1. The lowest BCUT2D eigenvalue weighted by molar-refractivity contribution is -0.133. The van der Waals surface area contributed by atoms with Crippen molar-refractivity contribution < 1.29 is 23.0 Å². The molecule has 0 aliphatic carbocycles. The number of hydrogen-bond acceptors (Lipinski definition) is 9. The lowest BCUT2D eigenvalue weighted by Crippen LogP contribution is -2.52. The molecule has 1 aliphatic rings. The third-order valence-electron chi connectivity index (χ3n) is 7.44. The molecular weight excluding hydrogens is 565 g/mol. The second-order valence-electron chi connectivity index (χ2n) is 10.4. The molecule has 0 saturated carbocycles. The first-order chi connectivity index (χ1) is 21.4. The van der Waals surface area contributed by atoms with Crippen LogP contribution >= 0.6 is 0 Å². The number of rotatable bonds is 9. The number of amides is 2. The van der Waals surface area contributed by atoms with Crippen LogP contribution in [0.2, 0.25) is 0 Å². The van der Waals surface area contributed by atoms with Crippen LogP contribution < -0.4 is 15.5 Å². The molecule has 3 aromatic heterocycles. The lowest BCUT2D eigenvalue weighted by atomic mass is 10.0. The van der Waals surface area contributed by atoms with Gasteiger partial charge in [-0.15, -0.1) is 0 Å². The second kappa shape index (κ2) is 12.8. The molecule has 1 atom stereocenters. The number of hydrogen-bond donors (Lipinski definition) is 2. The minimum Gasteiger partial charge on any atom is -0.366 e. The predicted molar refractivity (Wildman–Crippen MR) is 160 cm³/mol. The van der Waals surface area contributed by atoms with Crippen molar-refractivity contribution >= 4 is 23.3 Å². The van der Waals surface area contributed by atoms with Crippen molar-refractivity contribution in [3.63, 3.8) is 0 Å². The van der Waals surface area contributed by atoms with E-state index in [0.717, 1.165) is 5.69 Å². The predicted octanol–water partition coefficient (Wildman–Crippen LogP) is 4.60. The van der Waals surface area contributed by atoms with Gasteiger partial charge in [-0.05, 0) is 36.8 Å². The van der Waals surface area contributed by atoms with Gasteiger partial charge in [0.2, 0.25) is 5.91 Å². The van der Waals surface area contributed by atoms with Crippen LogP contribution in [-0.4, -0.2) is 58.2 Å². The third kappa shape index (κ3) is 6.43. The maximum absolute atomic E-state index is 15.3. The lowest BCUT2D eigenvalue weighted by Gasteiger charge is -2.38. The standard InChI is InChI=1S/C32H30FN7O4/c1-21-7-8-24(19-34-21)31(41)36-30(22-5-3-2-4-6-22)32(42)40-14-12-39(13-15-40)28-10-9-23(17-26(28)33)27-18-25(44-37-27)20-35-29-11-16-43-38-29/h2-11,16-19,30H,12-15,20H2,1H3,(H,35,38)(H,36,41). The van der Waals surface area contributed by atoms with Crippen molar-refractivity contribution in [1.29, 1.82) is 0 Å². The van der Waals surface area contributed by atoms with Gasteiger partial charge in [0.25, 0.3) is 5.91 Å². The van der Waals surface area contributed by atoms with E-state index in [1.807, 2.05) is 42.2 Å². The summed E-state index contributed by atoms with van der Waals surface area (Å²) in [5.41, 5.74) is 3.39. The molecule has 44 heavy (non-hydrogen) atoms. The number of halogens is 1. The number of carbonyl (C=O) groups is 2. The molecule has 0 spiro atoms. The second-order valence-corrected chi connectivity index (χ2v) is 10.4. The highest BCUT2D eigenvalue weighted by Crippen LogP contribution is 2.28. The monoisotopic (exact) mass is 595 g/mol. The maximum atomic E-state index is 15.3. The van der Waals surface area contributed by atoms with Crippen LogP contribution in [0.3, 0.4) is 0 Å². The minimum atomic E-state index is -0.869. The van der Waals surface area contributed by atoms with Crippen molar-refractivity contribution in [2.24, 2.45) is 0 Å². The highest BCUT2D eigenvalue weighted by Gasteiger charge is 2.31. The van der Waals surface area contributed by atoms with Gasteiger partial charge in [0.15, 0.2) is 11.6 Å². The van der Waals surface area contributed by atoms with Gasteiger partial charge in [0, 0.05) is 55.8 Å². The average molecular weight is 596 g/mol. The Morgan fingerprint density at radius 2 is 1.80 bits per heavy atom. The molecule has 1 saturated heterocycles. The Labute approximate surface area is 252 Å². The van der Waals surface area contributed by atoms with E-state index in [1.165, 1.54) is 18.5 Å². The average Bonchev–Trinajstić information content (AvgIpc) is 3.76. The van der Waals surface area contributed by atoms with Crippen LogP contribution in [0, 0.1) is 12.7 Å². The molecule has 1 unspecified atom stereocenters. The fourth-order valence-corrected chi connectivity index (χ4v) is 5.04. The van der Waals surface area contributed by atoms with Gasteiger partial charge in [0.05, 0.1) is 17.8 Å². The van der Waals surface area contributed by atoms with E-state index in [2.05, 4.69) is 25.9 Å². The molecule has 2 N–H and O–H groups in total. The highest BCUT2D eigenvalue weighted by atomic mass is 19.1. The first-order valence-corrected chi connectivity index (χ1v) is 14.2. The smallest absolute Gasteiger partial charge is 0.253 e. The molecule has 2 aromatic carbocycles. The Hall–Kier alpha value is -5.52. The zero-order chi connectivity index (χ0) is 30.5. The Morgan fingerprint density at radius 1 is 0.977 bits per heavy atom. The molecule has 12 heteroatoms. The van der Waals surface area contributed by atoms with Gasteiger partial charge in [-0.1, -0.05) is 46.7 Å². The number of piperazine rings is 1. The van der Waals surface area contributed by atoms with Gasteiger partial charge >= 0.3 is 0 Å². The number of nitrogens with zero attached hydrogens (tertiary/aromatic N) is 5. The minimum absolute atomic E-state index is 0.222. The van der Waals surface area contributed by atoms with Crippen LogP contribution in [0.4, 0.5) is 15.9 Å². The third-order valence-corrected chi connectivity index (χ3v) is 7.44. The zero-order valence-electron chi connectivity index (χ0n) is 23.9. The molecule has 11 nitrogen and oxygen atoms in total. The molecule has 0 bridgehead atoms. The van der Waals surface area contributed by atoms with E-state index >= 15 is 4.39 Å². The summed E-state index contributed by atoms with van der Waals surface area (Å²) < 4.78 is 25.5. The first kappa shape index (κ1) is 28.6. The molecule has 1 fully saturated rings. The fraction of sp³-hybridized carbons (Fsp3) is 0.219. The summed E-state index contributed by atoms with van der Waals surface area (Å²) in [6.45, 7) is 3.79. The first-order valence-electron chi connectivity index (χ1n) is 14.2. The van der Waals surface area contributed by atoms with E-state index in [9.17, 15) is 9.59 Å². The summed E-state index contributed by atoms with van der Waals surface area (Å²) in [7, 11) is 0. The van der Waals surface area contributed by atoms with E-state index < -0.39 is 11.9 Å². The van der Waals surface area contributed by atoms with Crippen LogP contribution in [0.25, 0.3) is 11.3 Å². The Balaban J connectivity index is 1.09. The summed E-state index contributed by atoms with van der Waals surface area (Å²) >= 11 is 0.